The standard InChI is InChI=1S/C20H31N2O6P/c1-5-27-29(26,28-6-2)14-21(12-15(3)4)20(25)22-13-17-10-8-7-9-16(17)11-18(22)19(23)24/h7-10,15,18H,5-6,11-14H2,1-4H3,(H,23,24). The molecule has 0 radical (unpaired) electrons. The third-order valence-corrected chi connectivity index (χ3v) is 6.62. The first-order valence-corrected chi connectivity index (χ1v) is 11.7. The predicted molar refractivity (Wildman–Crippen MR) is 110 cm³/mol. The topological polar surface area (TPSA) is 96.4 Å². The number of hydrogen-bond donors (Lipinski definition) is 1. The van der Waals surface area contributed by atoms with E-state index in [-0.39, 0.29) is 38.4 Å². The van der Waals surface area contributed by atoms with E-state index in [0.717, 1.165) is 11.1 Å². The summed E-state index contributed by atoms with van der Waals surface area (Å²) in [5.41, 5.74) is 1.84. The third kappa shape index (κ3) is 6.04. The summed E-state index contributed by atoms with van der Waals surface area (Å²) < 4.78 is 23.7. The minimum absolute atomic E-state index is 0.0935. The Balaban J connectivity index is 2.33. The molecular weight excluding hydrogens is 395 g/mol. The zero-order valence-electron chi connectivity index (χ0n) is 17.5. The average Bonchev–Trinajstić information content (AvgIpc) is 2.65. The second-order valence-electron chi connectivity index (χ2n) is 7.44. The summed E-state index contributed by atoms with van der Waals surface area (Å²) in [4.78, 5) is 28.0. The number of benzene rings is 1. The average molecular weight is 426 g/mol. The monoisotopic (exact) mass is 426 g/mol. The van der Waals surface area contributed by atoms with Crippen LogP contribution in [0, 0.1) is 5.92 Å². The summed E-state index contributed by atoms with van der Waals surface area (Å²) >= 11 is 0. The Hall–Kier alpha value is -1.89. The van der Waals surface area contributed by atoms with Crippen molar-refractivity contribution in [3.05, 3.63) is 35.4 Å². The van der Waals surface area contributed by atoms with E-state index in [1.165, 1.54) is 9.80 Å². The normalized spacial score (nSPS) is 16.6. The molecule has 8 nitrogen and oxygen atoms in total. The van der Waals surface area contributed by atoms with Crippen LogP contribution >= 0.6 is 7.60 Å². The van der Waals surface area contributed by atoms with Gasteiger partial charge in [-0.1, -0.05) is 38.1 Å². The summed E-state index contributed by atoms with van der Waals surface area (Å²) in [6.07, 6.45) is 0.0253. The van der Waals surface area contributed by atoms with Crippen molar-refractivity contribution in [2.75, 3.05) is 26.0 Å². The molecule has 1 aliphatic rings. The Morgan fingerprint density at radius 2 is 1.79 bits per heavy atom. The van der Waals surface area contributed by atoms with E-state index < -0.39 is 25.6 Å². The molecule has 1 atom stereocenters. The van der Waals surface area contributed by atoms with Crippen LogP contribution in [0.25, 0.3) is 0 Å². The molecule has 0 aliphatic carbocycles. The number of carbonyl (C=O) groups is 2. The first kappa shape index (κ1) is 23.4. The summed E-state index contributed by atoms with van der Waals surface area (Å²) in [5, 5.41) is 9.73. The number of hydrogen-bond acceptors (Lipinski definition) is 5. The molecule has 29 heavy (non-hydrogen) atoms. The quantitative estimate of drug-likeness (QED) is 0.604. The highest BCUT2D eigenvalue weighted by molar-refractivity contribution is 7.53. The first-order valence-electron chi connectivity index (χ1n) is 9.94. The molecule has 1 heterocycles. The van der Waals surface area contributed by atoms with Gasteiger partial charge >= 0.3 is 19.6 Å². The van der Waals surface area contributed by atoms with Crippen molar-refractivity contribution in [1.29, 1.82) is 0 Å². The summed E-state index contributed by atoms with van der Waals surface area (Å²) in [6, 6.07) is 6.06. The van der Waals surface area contributed by atoms with Gasteiger partial charge in [0, 0.05) is 19.5 Å². The largest absolute Gasteiger partial charge is 0.480 e. The smallest absolute Gasteiger partial charge is 0.349 e. The molecule has 0 saturated heterocycles. The van der Waals surface area contributed by atoms with Crippen LogP contribution in [-0.2, 0) is 31.4 Å². The number of carboxylic acid groups (broad SMARTS) is 1. The number of nitrogens with zero attached hydrogens (tertiary/aromatic N) is 2. The molecule has 0 aromatic heterocycles. The fourth-order valence-corrected chi connectivity index (χ4v) is 5.16. The second kappa shape index (κ2) is 10.2. The van der Waals surface area contributed by atoms with Crippen LogP contribution in [-0.4, -0.2) is 59.0 Å². The third-order valence-electron chi connectivity index (χ3n) is 4.63. The minimum atomic E-state index is -3.52. The van der Waals surface area contributed by atoms with Crippen molar-refractivity contribution in [2.45, 2.75) is 46.7 Å². The van der Waals surface area contributed by atoms with Crippen LogP contribution in [0.5, 0.6) is 0 Å². The molecule has 1 aromatic rings. The van der Waals surface area contributed by atoms with Crippen LogP contribution in [0.1, 0.15) is 38.8 Å². The number of carboxylic acids is 1. The van der Waals surface area contributed by atoms with Gasteiger partial charge in [0.1, 0.15) is 12.3 Å². The van der Waals surface area contributed by atoms with E-state index in [4.69, 9.17) is 9.05 Å². The van der Waals surface area contributed by atoms with Crippen molar-refractivity contribution in [3.8, 4) is 0 Å². The molecule has 0 saturated carbocycles. The van der Waals surface area contributed by atoms with E-state index in [2.05, 4.69) is 0 Å². The number of aliphatic carboxylic acids is 1. The molecular formula is C20H31N2O6P. The molecule has 2 amide bonds. The van der Waals surface area contributed by atoms with Gasteiger partial charge in [0.25, 0.3) is 0 Å². The second-order valence-corrected chi connectivity index (χ2v) is 9.46. The maximum atomic E-state index is 13.4. The molecule has 1 aliphatic heterocycles. The number of fused-ring (bicyclic) bond motifs is 1. The highest BCUT2D eigenvalue weighted by Crippen LogP contribution is 2.48. The lowest BCUT2D eigenvalue weighted by Crippen LogP contribution is -2.54. The van der Waals surface area contributed by atoms with Gasteiger partial charge in [-0.05, 0) is 30.9 Å². The summed E-state index contributed by atoms with van der Waals surface area (Å²) in [7, 11) is -3.52. The number of urea groups is 1. The van der Waals surface area contributed by atoms with Crippen LogP contribution in [0.2, 0.25) is 0 Å². The molecule has 0 spiro atoms. The molecule has 2 rings (SSSR count). The summed E-state index contributed by atoms with van der Waals surface area (Å²) in [6.45, 7) is 8.18. The molecule has 9 heteroatoms. The lowest BCUT2D eigenvalue weighted by atomic mass is 9.94. The zero-order chi connectivity index (χ0) is 21.6. The minimum Gasteiger partial charge on any atom is -0.480 e. The van der Waals surface area contributed by atoms with Crippen molar-refractivity contribution < 1.29 is 28.3 Å². The van der Waals surface area contributed by atoms with E-state index >= 15 is 0 Å². The van der Waals surface area contributed by atoms with Crippen LogP contribution in [0.3, 0.4) is 0 Å². The van der Waals surface area contributed by atoms with Crippen molar-refractivity contribution in [3.63, 3.8) is 0 Å². The number of carbonyl (C=O) groups excluding carboxylic acids is 1. The van der Waals surface area contributed by atoms with Crippen LogP contribution in [0.15, 0.2) is 24.3 Å². The molecule has 1 unspecified atom stereocenters. The molecule has 1 N–H and O–H groups in total. The Morgan fingerprint density at radius 3 is 2.31 bits per heavy atom. The van der Waals surface area contributed by atoms with Gasteiger partial charge in [-0.25, -0.2) is 9.59 Å². The SMILES string of the molecule is CCOP(=O)(CN(CC(C)C)C(=O)N1Cc2ccccc2CC1C(=O)O)OCC. The van der Waals surface area contributed by atoms with E-state index in [1.807, 2.05) is 38.1 Å². The maximum absolute atomic E-state index is 13.4. The van der Waals surface area contributed by atoms with Crippen LogP contribution in [0.4, 0.5) is 4.79 Å². The fraction of sp³-hybridized carbons (Fsp3) is 0.600. The van der Waals surface area contributed by atoms with Crippen LogP contribution < -0.4 is 0 Å². The first-order chi connectivity index (χ1) is 13.7. The van der Waals surface area contributed by atoms with E-state index in [0.29, 0.717) is 6.54 Å². The van der Waals surface area contributed by atoms with Gasteiger partial charge in [-0.15, -0.1) is 0 Å². The van der Waals surface area contributed by atoms with Gasteiger partial charge in [-0.2, -0.15) is 0 Å². The Morgan fingerprint density at radius 1 is 1.21 bits per heavy atom. The van der Waals surface area contributed by atoms with Crippen molar-refractivity contribution in [2.24, 2.45) is 5.92 Å². The summed E-state index contributed by atoms with van der Waals surface area (Å²) in [5.74, 6) is -0.967. The Kier molecular flexibility index (Phi) is 8.25. The van der Waals surface area contributed by atoms with Gasteiger partial charge in [-0.3, -0.25) is 4.57 Å². The number of rotatable bonds is 9. The van der Waals surface area contributed by atoms with Crippen molar-refractivity contribution in [1.82, 2.24) is 9.80 Å². The highest BCUT2D eigenvalue weighted by Gasteiger charge is 2.39. The predicted octanol–water partition coefficient (Wildman–Crippen LogP) is 3.80. The lowest BCUT2D eigenvalue weighted by molar-refractivity contribution is -0.142. The van der Waals surface area contributed by atoms with Gasteiger partial charge in [0.05, 0.1) is 13.2 Å². The van der Waals surface area contributed by atoms with E-state index in [1.54, 1.807) is 13.8 Å². The Bertz CT molecular complexity index is 759. The zero-order valence-corrected chi connectivity index (χ0v) is 18.4. The Labute approximate surface area is 172 Å². The van der Waals surface area contributed by atoms with Gasteiger partial charge in [0.15, 0.2) is 0 Å². The van der Waals surface area contributed by atoms with Gasteiger partial charge in [0.2, 0.25) is 0 Å². The van der Waals surface area contributed by atoms with Crippen molar-refractivity contribution >= 4 is 19.6 Å². The molecule has 1 aromatic carbocycles. The highest BCUT2D eigenvalue weighted by atomic mass is 31.2. The fourth-order valence-electron chi connectivity index (χ4n) is 3.48. The molecule has 162 valence electrons. The number of amides is 2. The maximum Gasteiger partial charge on any atom is 0.349 e. The lowest BCUT2D eigenvalue weighted by Gasteiger charge is -2.39. The molecule has 0 fully saturated rings. The van der Waals surface area contributed by atoms with Gasteiger partial charge < -0.3 is 24.0 Å². The van der Waals surface area contributed by atoms with E-state index in [9.17, 15) is 19.3 Å². The molecule has 0 bridgehead atoms.